The summed E-state index contributed by atoms with van der Waals surface area (Å²) >= 11 is 0. The predicted octanol–water partition coefficient (Wildman–Crippen LogP) is 5.82. The molecule has 14 heteroatoms. The predicted molar refractivity (Wildman–Crippen MR) is 199 cm³/mol. The van der Waals surface area contributed by atoms with Crippen LogP contribution in [0.2, 0.25) is 0 Å². The molecular formula is C39H48NeO13. The van der Waals surface area contributed by atoms with Crippen LogP contribution in [0.3, 0.4) is 0 Å². The second kappa shape index (κ2) is 26.6. The fraction of sp³-hybridized carbons (Fsp3) is 0.256. The number of carbonyl (C=O) groups excluding carboxylic acids is 3. The number of aliphatic hydroxyl groups excluding tert-OH is 1. The minimum Gasteiger partial charge on any atom is -0.497 e. The summed E-state index contributed by atoms with van der Waals surface area (Å²) in [6, 6.07) is 20.6. The van der Waals surface area contributed by atoms with E-state index in [1.807, 2.05) is 6.07 Å². The van der Waals surface area contributed by atoms with Crippen molar-refractivity contribution in [1.29, 1.82) is 0 Å². The number of hydrogen-bond acceptors (Lipinski definition) is 12. The molecule has 0 unspecified atom stereocenters. The van der Waals surface area contributed by atoms with Crippen LogP contribution in [0.1, 0.15) is 43.6 Å². The van der Waals surface area contributed by atoms with Crippen molar-refractivity contribution >= 4 is 23.9 Å². The molecule has 0 aromatic heterocycles. The summed E-state index contributed by atoms with van der Waals surface area (Å²) in [6.45, 7) is 1.50. The molecule has 0 spiro atoms. The molecule has 0 atom stereocenters. The van der Waals surface area contributed by atoms with Gasteiger partial charge in [0.1, 0.15) is 46.0 Å². The molecule has 0 fully saturated rings. The molecule has 0 bridgehead atoms. The number of Topliss-reactive ketones (excluding diaryl/α,β-unsaturated/α-hetero) is 1. The molecule has 0 saturated heterocycles. The number of benzene rings is 4. The van der Waals surface area contributed by atoms with Crippen LogP contribution in [-0.2, 0) is 0 Å². The van der Waals surface area contributed by atoms with Gasteiger partial charge in [-0.1, -0.05) is 0 Å². The topological polar surface area (TPSA) is 177 Å². The molecule has 0 aliphatic rings. The van der Waals surface area contributed by atoms with Gasteiger partial charge in [-0.2, -0.15) is 0 Å². The average Bonchev–Trinajstić information content (AvgIpc) is 3.19. The molecule has 0 aliphatic heterocycles. The van der Waals surface area contributed by atoms with Crippen molar-refractivity contribution in [2.45, 2.75) is 6.92 Å². The smallest absolute Gasteiger partial charge is 0.189 e. The summed E-state index contributed by atoms with van der Waals surface area (Å²) in [7, 11) is 13.4. The minimum absolute atomic E-state index is 0. The summed E-state index contributed by atoms with van der Waals surface area (Å²) in [5.74, 6) is 4.66. The number of ketones is 2. The Morgan fingerprint density at radius 1 is 0.509 bits per heavy atom. The molecule has 0 aliphatic carbocycles. The number of methoxy groups -OCH3 is 8. The van der Waals surface area contributed by atoms with Gasteiger partial charge in [-0.3, -0.25) is 14.4 Å². The zero-order valence-corrected chi connectivity index (χ0v) is 31.5. The Hall–Kier alpha value is -6.14. The van der Waals surface area contributed by atoms with Crippen molar-refractivity contribution in [1.82, 2.24) is 0 Å². The maximum Gasteiger partial charge on any atom is 0.189 e. The van der Waals surface area contributed by atoms with E-state index in [2.05, 4.69) is 0 Å². The number of ether oxygens (including phenoxy) is 8. The number of rotatable bonds is 13. The summed E-state index contributed by atoms with van der Waals surface area (Å²) in [4.78, 5) is 34.0. The van der Waals surface area contributed by atoms with E-state index in [9.17, 15) is 14.4 Å². The second-order valence-corrected chi connectivity index (χ2v) is 9.72. The first-order valence-corrected chi connectivity index (χ1v) is 15.1. The molecule has 0 saturated carbocycles. The van der Waals surface area contributed by atoms with E-state index in [-0.39, 0.29) is 23.2 Å². The molecule has 4 aromatic carbocycles. The summed E-state index contributed by atoms with van der Waals surface area (Å²) in [6.07, 6.45) is 3.93. The van der Waals surface area contributed by atoms with Crippen LogP contribution >= 0.6 is 0 Å². The average molecular weight is 745 g/mol. The van der Waals surface area contributed by atoms with Crippen molar-refractivity contribution in [3.8, 4) is 46.0 Å². The Bertz CT molecular complexity index is 1740. The van der Waals surface area contributed by atoms with E-state index in [1.165, 1.54) is 34.3 Å². The Kier molecular flexibility index (Phi) is 24.6. The summed E-state index contributed by atoms with van der Waals surface area (Å²) in [5, 5.41) is 7.00. The van der Waals surface area contributed by atoms with Crippen molar-refractivity contribution in [2.75, 3.05) is 64.0 Å². The quantitative estimate of drug-likeness (QED) is 0.0987. The van der Waals surface area contributed by atoms with E-state index in [1.54, 1.807) is 108 Å². The normalized spacial score (nSPS) is 9.26. The van der Waals surface area contributed by atoms with E-state index in [4.69, 9.17) is 43.0 Å². The van der Waals surface area contributed by atoms with Crippen molar-refractivity contribution < 1.29 is 69.0 Å². The van der Waals surface area contributed by atoms with Gasteiger partial charge >= 0.3 is 0 Å². The molecule has 290 valence electrons. The van der Waals surface area contributed by atoms with Gasteiger partial charge in [-0.05, 0) is 67.6 Å². The Labute approximate surface area is 310 Å². The van der Waals surface area contributed by atoms with Gasteiger partial charge in [0.2, 0.25) is 0 Å². The zero-order valence-electron chi connectivity index (χ0n) is 31.5. The van der Waals surface area contributed by atoms with Gasteiger partial charge in [-0.25, -0.2) is 0 Å². The van der Waals surface area contributed by atoms with Gasteiger partial charge in [0.25, 0.3) is 0 Å². The number of hydrogen-bond donors (Lipinski definition) is 1. The van der Waals surface area contributed by atoms with Crippen LogP contribution < -0.4 is 37.9 Å². The Morgan fingerprint density at radius 3 is 1.23 bits per heavy atom. The molecule has 53 heavy (non-hydrogen) atoms. The first-order valence-electron chi connectivity index (χ1n) is 15.1. The van der Waals surface area contributed by atoms with Gasteiger partial charge in [0, 0.05) is 43.1 Å². The van der Waals surface area contributed by atoms with Crippen molar-refractivity contribution in [2.24, 2.45) is 0 Å². The SMILES string of the molecule is CO.COc1ccc(/C=C/C(=O)c2ccc(OC)cc2OC)c(OC)c1.COc1ccc(C(C)=O)c(OC)c1.COc1ccc(C=O)c(OC)c1.O.[Ne]. The van der Waals surface area contributed by atoms with Gasteiger partial charge in [0.15, 0.2) is 17.9 Å². The number of aliphatic hydroxyl groups is 1. The maximum absolute atomic E-state index is 12.4. The zero-order chi connectivity index (χ0) is 38.3. The fourth-order valence-electron chi connectivity index (χ4n) is 4.22. The Morgan fingerprint density at radius 2 is 0.849 bits per heavy atom. The van der Waals surface area contributed by atoms with Crippen LogP contribution in [0.5, 0.6) is 46.0 Å². The third-order valence-corrected chi connectivity index (χ3v) is 6.88. The third-order valence-electron chi connectivity index (χ3n) is 6.88. The van der Waals surface area contributed by atoms with Crippen LogP contribution in [-0.4, -0.2) is 92.4 Å². The van der Waals surface area contributed by atoms with E-state index in [0.29, 0.717) is 62.7 Å². The molecule has 4 aromatic rings. The molecule has 0 heterocycles. The van der Waals surface area contributed by atoms with E-state index in [0.717, 1.165) is 19.0 Å². The standard InChI is InChI=1S/C19H20O5.C10H12O3.C9H10O3.CH4O.Ne.H2O/c1-21-14-7-5-13(18(11-14)23-3)6-10-17(20)16-9-8-15(22-2)12-19(16)24-4;1-7(11)9-5-4-8(12-2)6-10(9)13-3;1-11-8-4-3-7(6-10)9(5-8)12-2;1-2;;/h5-12H,1-4H3;4-6H,1-3H3;3-6H,1-2H3;2H,1H3;;1H2/b10-6+;;;;;. The van der Waals surface area contributed by atoms with Crippen LogP contribution in [0, 0.1) is 6.15 Å². The first kappa shape index (κ1) is 49.0. The maximum atomic E-state index is 12.4. The molecule has 3 N–H and O–H groups in total. The number of carbonyl (C=O) groups is 3. The van der Waals surface area contributed by atoms with Gasteiger partial charge in [-0.15, -0.1) is 0 Å². The molecule has 4 rings (SSSR count). The summed E-state index contributed by atoms with van der Waals surface area (Å²) < 4.78 is 40.8. The van der Waals surface area contributed by atoms with E-state index < -0.39 is 0 Å². The van der Waals surface area contributed by atoms with Crippen molar-refractivity contribution in [3.63, 3.8) is 0 Å². The van der Waals surface area contributed by atoms with Crippen LogP contribution in [0.4, 0.5) is 0 Å². The van der Waals surface area contributed by atoms with Gasteiger partial charge < -0.3 is 48.5 Å². The van der Waals surface area contributed by atoms with Gasteiger partial charge in [0.05, 0.1) is 73.6 Å². The monoisotopic (exact) mass is 744 g/mol. The molecule has 0 radical (unpaired) electrons. The Balaban J connectivity index is 0. The summed E-state index contributed by atoms with van der Waals surface area (Å²) in [5.41, 5.74) is 2.34. The molecule has 13 nitrogen and oxygen atoms in total. The third kappa shape index (κ3) is 14.9. The number of allylic oxidation sites excluding steroid dienone is 1. The largest absolute Gasteiger partial charge is 0.497 e. The second-order valence-electron chi connectivity index (χ2n) is 9.72. The molecule has 0 amide bonds. The minimum atomic E-state index is -0.174. The fourth-order valence-corrected chi connectivity index (χ4v) is 4.22. The van der Waals surface area contributed by atoms with Crippen LogP contribution in [0.15, 0.2) is 78.9 Å². The number of aldehydes is 1. The van der Waals surface area contributed by atoms with E-state index >= 15 is 0 Å². The van der Waals surface area contributed by atoms with Crippen molar-refractivity contribution in [3.05, 3.63) is 101 Å². The molecular weight excluding hydrogens is 697 g/mol. The first-order chi connectivity index (χ1) is 24.6. The van der Waals surface area contributed by atoms with Crippen LogP contribution in [0.25, 0.3) is 6.08 Å².